The van der Waals surface area contributed by atoms with Crippen molar-refractivity contribution in [2.24, 2.45) is 0 Å². The lowest BCUT2D eigenvalue weighted by Crippen LogP contribution is -2.43. The van der Waals surface area contributed by atoms with Crippen LogP contribution in [0, 0.1) is 11.3 Å². The van der Waals surface area contributed by atoms with Crippen molar-refractivity contribution < 1.29 is 9.90 Å². The Balaban J connectivity index is 2.44. The van der Waals surface area contributed by atoms with Crippen LogP contribution in [0.25, 0.3) is 0 Å². The lowest BCUT2D eigenvalue weighted by molar-refractivity contribution is -0.130. The number of likely N-dealkylation sites (tertiary alicyclic amines) is 1. The van der Waals surface area contributed by atoms with Crippen LogP contribution in [0.3, 0.4) is 0 Å². The zero-order valence-electron chi connectivity index (χ0n) is 9.47. The fourth-order valence-electron chi connectivity index (χ4n) is 2.38. The number of hydrogen-bond acceptors (Lipinski definition) is 3. The van der Waals surface area contributed by atoms with Crippen LogP contribution >= 0.6 is 0 Å². The van der Waals surface area contributed by atoms with Crippen LogP contribution in [0.15, 0.2) is 30.3 Å². The van der Waals surface area contributed by atoms with Gasteiger partial charge in [0, 0.05) is 13.0 Å². The van der Waals surface area contributed by atoms with Crippen LogP contribution in [0.1, 0.15) is 18.4 Å². The lowest BCUT2D eigenvalue weighted by Gasteiger charge is -2.32. The van der Waals surface area contributed by atoms with Gasteiger partial charge in [0.2, 0.25) is 5.91 Å². The van der Waals surface area contributed by atoms with Crippen LogP contribution in [0.4, 0.5) is 0 Å². The topological polar surface area (TPSA) is 64.3 Å². The van der Waals surface area contributed by atoms with Gasteiger partial charge in [-0.1, -0.05) is 30.3 Å². The van der Waals surface area contributed by atoms with E-state index in [2.05, 4.69) is 6.07 Å². The van der Waals surface area contributed by atoms with E-state index in [1.165, 1.54) is 4.90 Å². The molecule has 88 valence electrons. The van der Waals surface area contributed by atoms with Crippen molar-refractivity contribution in [3.63, 3.8) is 0 Å². The summed E-state index contributed by atoms with van der Waals surface area (Å²) in [7, 11) is 0. The van der Waals surface area contributed by atoms with Crippen molar-refractivity contribution in [2.45, 2.75) is 18.4 Å². The van der Waals surface area contributed by atoms with Crippen molar-refractivity contribution >= 4 is 5.91 Å². The Kier molecular flexibility index (Phi) is 3.12. The summed E-state index contributed by atoms with van der Waals surface area (Å²) in [5, 5.41) is 18.5. The number of amides is 1. The number of rotatable bonds is 3. The summed E-state index contributed by atoms with van der Waals surface area (Å²) in [5.41, 5.74) is -0.0806. The molecule has 0 saturated carbocycles. The molecule has 1 aliphatic rings. The maximum absolute atomic E-state index is 11.8. The summed E-state index contributed by atoms with van der Waals surface area (Å²) >= 11 is 0. The molecule has 0 aliphatic carbocycles. The van der Waals surface area contributed by atoms with Crippen LogP contribution in [-0.2, 0) is 10.3 Å². The number of benzene rings is 1. The maximum atomic E-state index is 11.8. The molecule has 2 rings (SSSR count). The highest BCUT2D eigenvalue weighted by atomic mass is 16.3. The molecule has 4 heteroatoms. The molecule has 0 aromatic heterocycles. The summed E-state index contributed by atoms with van der Waals surface area (Å²) in [6, 6.07) is 11.5. The van der Waals surface area contributed by atoms with Gasteiger partial charge >= 0.3 is 0 Å². The quantitative estimate of drug-likeness (QED) is 0.843. The number of hydrogen-bond donors (Lipinski definition) is 1. The summed E-state index contributed by atoms with van der Waals surface area (Å²) in [4.78, 5) is 13.3. The van der Waals surface area contributed by atoms with E-state index >= 15 is 0 Å². The van der Waals surface area contributed by atoms with Gasteiger partial charge in [0.1, 0.15) is 0 Å². The Hall–Kier alpha value is -1.86. The maximum Gasteiger partial charge on any atom is 0.224 e. The third-order valence-electron chi connectivity index (χ3n) is 3.22. The van der Waals surface area contributed by atoms with E-state index in [9.17, 15) is 10.1 Å². The highest BCUT2D eigenvalue weighted by molar-refractivity contribution is 5.81. The molecular formula is C13H14N2O2. The Bertz CT molecular complexity index is 452. The van der Waals surface area contributed by atoms with Gasteiger partial charge in [-0.05, 0) is 12.0 Å². The second-order valence-electron chi connectivity index (χ2n) is 4.11. The van der Waals surface area contributed by atoms with E-state index in [4.69, 9.17) is 5.11 Å². The van der Waals surface area contributed by atoms with E-state index in [0.29, 0.717) is 12.8 Å². The number of β-amino-alcohol motifs (C(OH)–C–C–N with tert-alkyl or cyclic N) is 1. The SMILES string of the molecule is N#CC1(c2ccccc2)CCC(=O)N1CCO. The van der Waals surface area contributed by atoms with Gasteiger partial charge in [0.25, 0.3) is 0 Å². The molecule has 17 heavy (non-hydrogen) atoms. The number of aliphatic hydroxyl groups excluding tert-OH is 1. The Morgan fingerprint density at radius 2 is 2.12 bits per heavy atom. The molecular weight excluding hydrogens is 216 g/mol. The Morgan fingerprint density at radius 1 is 1.41 bits per heavy atom. The van der Waals surface area contributed by atoms with E-state index in [1.54, 1.807) is 0 Å². The van der Waals surface area contributed by atoms with Crippen molar-refractivity contribution in [1.29, 1.82) is 5.26 Å². The molecule has 1 saturated heterocycles. The molecule has 1 unspecified atom stereocenters. The summed E-state index contributed by atoms with van der Waals surface area (Å²) in [6.07, 6.45) is 0.856. The van der Waals surface area contributed by atoms with Gasteiger partial charge in [-0.2, -0.15) is 5.26 Å². The zero-order valence-corrected chi connectivity index (χ0v) is 9.47. The molecule has 4 nitrogen and oxygen atoms in total. The number of carbonyl (C=O) groups is 1. The highest BCUT2D eigenvalue weighted by Gasteiger charge is 2.46. The summed E-state index contributed by atoms with van der Waals surface area (Å²) < 4.78 is 0. The summed E-state index contributed by atoms with van der Waals surface area (Å²) in [5.74, 6) is -0.0653. The second-order valence-corrected chi connectivity index (χ2v) is 4.11. The van der Waals surface area contributed by atoms with Crippen LogP contribution in [0.2, 0.25) is 0 Å². The lowest BCUT2D eigenvalue weighted by atomic mass is 9.89. The number of carbonyl (C=O) groups excluding carboxylic acids is 1. The third-order valence-corrected chi connectivity index (χ3v) is 3.22. The number of nitriles is 1. The molecule has 1 atom stereocenters. The van der Waals surface area contributed by atoms with Gasteiger partial charge < -0.3 is 10.0 Å². The molecule has 0 radical (unpaired) electrons. The molecule has 1 N–H and O–H groups in total. The molecule has 1 aromatic rings. The minimum absolute atomic E-state index is 0.0653. The van der Waals surface area contributed by atoms with E-state index in [-0.39, 0.29) is 19.1 Å². The van der Waals surface area contributed by atoms with Crippen LogP contribution < -0.4 is 0 Å². The van der Waals surface area contributed by atoms with Crippen LogP contribution in [-0.4, -0.2) is 29.1 Å². The highest BCUT2D eigenvalue weighted by Crippen LogP contribution is 2.38. The second kappa shape index (κ2) is 4.56. The van der Waals surface area contributed by atoms with E-state index in [1.807, 2.05) is 30.3 Å². The Morgan fingerprint density at radius 3 is 2.71 bits per heavy atom. The Labute approximate surface area is 100 Å². The third kappa shape index (κ3) is 1.79. The first-order chi connectivity index (χ1) is 8.24. The smallest absolute Gasteiger partial charge is 0.224 e. The minimum atomic E-state index is -0.902. The summed E-state index contributed by atoms with van der Waals surface area (Å²) in [6.45, 7) is 0.0866. The molecule has 1 aromatic carbocycles. The molecule has 1 fully saturated rings. The zero-order chi connectivity index (χ0) is 12.3. The standard InChI is InChI=1S/C13H14N2O2/c14-10-13(11-4-2-1-3-5-11)7-6-12(17)15(13)8-9-16/h1-5,16H,6-9H2. The predicted octanol–water partition coefficient (Wildman–Crippen LogP) is 1.02. The molecule has 1 heterocycles. The van der Waals surface area contributed by atoms with Crippen molar-refractivity contribution in [3.05, 3.63) is 35.9 Å². The number of aliphatic hydroxyl groups is 1. The first-order valence-corrected chi connectivity index (χ1v) is 5.63. The average Bonchev–Trinajstić information content (AvgIpc) is 2.70. The molecule has 0 spiro atoms. The molecule has 1 amide bonds. The van der Waals surface area contributed by atoms with Gasteiger partial charge in [-0.15, -0.1) is 0 Å². The first-order valence-electron chi connectivity index (χ1n) is 5.63. The largest absolute Gasteiger partial charge is 0.395 e. The monoisotopic (exact) mass is 230 g/mol. The van der Waals surface area contributed by atoms with E-state index < -0.39 is 5.54 Å². The molecule has 1 aliphatic heterocycles. The normalized spacial score (nSPS) is 23.8. The fourth-order valence-corrected chi connectivity index (χ4v) is 2.38. The van der Waals surface area contributed by atoms with Crippen LogP contribution in [0.5, 0.6) is 0 Å². The first kappa shape index (κ1) is 11.6. The molecule has 0 bridgehead atoms. The van der Waals surface area contributed by atoms with Gasteiger partial charge in [-0.3, -0.25) is 4.79 Å². The predicted molar refractivity (Wildman–Crippen MR) is 61.8 cm³/mol. The average molecular weight is 230 g/mol. The van der Waals surface area contributed by atoms with Gasteiger partial charge in [-0.25, -0.2) is 0 Å². The van der Waals surface area contributed by atoms with Crippen molar-refractivity contribution in [3.8, 4) is 6.07 Å². The van der Waals surface area contributed by atoms with Crippen molar-refractivity contribution in [2.75, 3.05) is 13.2 Å². The fraction of sp³-hybridized carbons (Fsp3) is 0.385. The van der Waals surface area contributed by atoms with Gasteiger partial charge in [0.15, 0.2) is 5.54 Å². The van der Waals surface area contributed by atoms with Gasteiger partial charge in [0.05, 0.1) is 12.7 Å². The van der Waals surface area contributed by atoms with E-state index in [0.717, 1.165) is 5.56 Å². The minimum Gasteiger partial charge on any atom is -0.395 e. The van der Waals surface area contributed by atoms with Crippen molar-refractivity contribution in [1.82, 2.24) is 4.90 Å². The number of nitrogens with zero attached hydrogens (tertiary/aromatic N) is 2.